The highest BCUT2D eigenvalue weighted by Gasteiger charge is 2.68. The number of hydrogen-bond acceptors (Lipinski definition) is 8. The minimum atomic E-state index is -6.07. The summed E-state index contributed by atoms with van der Waals surface area (Å²) in [5, 5.41) is 0.268. The van der Waals surface area contributed by atoms with Crippen molar-refractivity contribution >= 4 is 43.8 Å². The van der Waals surface area contributed by atoms with Gasteiger partial charge in [0, 0.05) is 30.7 Å². The molecular weight excluding hydrogens is 654 g/mol. The van der Waals surface area contributed by atoms with Crippen molar-refractivity contribution in [2.24, 2.45) is 18.9 Å². The first-order chi connectivity index (χ1) is 22.2. The van der Waals surface area contributed by atoms with Gasteiger partial charge in [-0.2, -0.15) is 26.5 Å². The van der Waals surface area contributed by atoms with E-state index in [1.807, 2.05) is 61.3 Å². The summed E-state index contributed by atoms with van der Waals surface area (Å²) in [7, 11) is -2.76. The Hall–Kier alpha value is -3.62. The Labute approximate surface area is 275 Å². The summed E-state index contributed by atoms with van der Waals surface area (Å²) < 4.78 is 79.8. The van der Waals surface area contributed by atoms with Gasteiger partial charge in [-0.05, 0) is 67.5 Å². The van der Waals surface area contributed by atoms with E-state index in [1.165, 1.54) is 24.5 Å². The zero-order valence-electron chi connectivity index (χ0n) is 26.2. The predicted octanol–water partition coefficient (Wildman–Crippen LogP) is 7.70. The Morgan fingerprint density at radius 3 is 2.45 bits per heavy atom. The largest absolute Gasteiger partial charge is 0.534 e. The molecule has 2 aromatic carbocycles. The summed E-state index contributed by atoms with van der Waals surface area (Å²) >= 11 is 1.19. The highest BCUT2D eigenvalue weighted by molar-refractivity contribution is 7.88. The standard InChI is InChI=1S/C34H34F3N2O6S2/c1-21-16-22(2)18-25(17-21)32(3)33(42-5,45-44-32)27-20-29(43-47(40,41)34(35,36)37)26(31-38-28-8-6-7-9-30(28)46-31)19-24(27)11-10-23-12-14-39(4)15-13-23/h6-15,19-20,22,25H,1,16-18H2,2-5H3/q+1/b11-10+. The predicted molar refractivity (Wildman–Crippen MR) is 172 cm³/mol. The first-order valence-electron chi connectivity index (χ1n) is 14.9. The molecule has 8 nitrogen and oxygen atoms in total. The van der Waals surface area contributed by atoms with Gasteiger partial charge in [0.1, 0.15) is 12.1 Å². The topological polar surface area (TPSA) is 87.8 Å². The van der Waals surface area contributed by atoms with Crippen molar-refractivity contribution in [1.29, 1.82) is 0 Å². The van der Waals surface area contributed by atoms with Crippen LogP contribution in [-0.4, -0.2) is 31.6 Å². The highest BCUT2D eigenvalue weighted by Crippen LogP contribution is 2.58. The van der Waals surface area contributed by atoms with Gasteiger partial charge >= 0.3 is 15.6 Å². The Morgan fingerprint density at radius 2 is 1.83 bits per heavy atom. The number of aromatic nitrogens is 2. The minimum absolute atomic E-state index is 0.0507. The van der Waals surface area contributed by atoms with Crippen LogP contribution in [0.5, 0.6) is 5.75 Å². The summed E-state index contributed by atoms with van der Waals surface area (Å²) in [4.78, 5) is 16.3. The zero-order valence-corrected chi connectivity index (χ0v) is 27.8. The smallest absolute Gasteiger partial charge is 0.375 e. The van der Waals surface area contributed by atoms with Gasteiger partial charge in [0.25, 0.3) is 5.79 Å². The van der Waals surface area contributed by atoms with Crippen molar-refractivity contribution < 1.29 is 44.9 Å². The number of rotatable bonds is 8. The van der Waals surface area contributed by atoms with Gasteiger partial charge in [-0.1, -0.05) is 43.4 Å². The maximum atomic E-state index is 13.7. The average molecular weight is 688 g/mol. The van der Waals surface area contributed by atoms with E-state index in [9.17, 15) is 21.6 Å². The van der Waals surface area contributed by atoms with Crippen molar-refractivity contribution in [1.82, 2.24) is 4.98 Å². The molecule has 0 spiro atoms. The van der Waals surface area contributed by atoms with E-state index in [1.54, 1.807) is 24.3 Å². The van der Waals surface area contributed by atoms with Gasteiger partial charge in [-0.15, -0.1) is 11.3 Å². The Morgan fingerprint density at radius 1 is 1.11 bits per heavy atom. The van der Waals surface area contributed by atoms with Gasteiger partial charge in [-0.3, -0.25) is 0 Å². The molecule has 1 aliphatic carbocycles. The summed E-state index contributed by atoms with van der Waals surface area (Å²) in [5.74, 6) is -2.06. The normalized spacial score (nSPS) is 25.3. The van der Waals surface area contributed by atoms with Gasteiger partial charge in [-0.25, -0.2) is 14.4 Å². The van der Waals surface area contributed by atoms with Crippen LogP contribution in [0.2, 0.25) is 0 Å². The molecule has 47 heavy (non-hydrogen) atoms. The molecule has 0 radical (unpaired) electrons. The van der Waals surface area contributed by atoms with Crippen molar-refractivity contribution in [2.45, 2.75) is 50.0 Å². The molecule has 2 aromatic heterocycles. The number of para-hydroxylation sites is 1. The number of benzene rings is 2. The molecule has 1 saturated carbocycles. The Bertz CT molecular complexity index is 1940. The number of ether oxygens (including phenoxy) is 1. The molecule has 0 N–H and O–H groups in total. The zero-order chi connectivity index (χ0) is 33.8. The number of thiazole rings is 1. The molecule has 3 heterocycles. The first-order valence-corrected chi connectivity index (χ1v) is 17.2. The molecule has 6 rings (SSSR count). The number of aryl methyl sites for hydroxylation is 1. The van der Waals surface area contributed by atoms with E-state index in [0.717, 1.165) is 28.7 Å². The van der Waals surface area contributed by atoms with Crippen molar-refractivity contribution in [3.05, 3.63) is 89.8 Å². The van der Waals surface area contributed by atoms with Crippen molar-refractivity contribution in [3.63, 3.8) is 0 Å². The van der Waals surface area contributed by atoms with Crippen LogP contribution in [0, 0.1) is 11.8 Å². The Balaban J connectivity index is 1.59. The van der Waals surface area contributed by atoms with Crippen LogP contribution in [-0.2, 0) is 37.5 Å². The lowest BCUT2D eigenvalue weighted by Crippen LogP contribution is -2.68. The molecule has 13 heteroatoms. The number of fused-ring (bicyclic) bond motifs is 1. The van der Waals surface area contributed by atoms with Crippen LogP contribution in [0.3, 0.4) is 0 Å². The second kappa shape index (κ2) is 12.1. The SMILES string of the molecule is C=C1CC(C)CC(C2(C)OOC2(OC)c2cc(OS(=O)(=O)C(F)(F)F)c(-c3nc4ccccc4s3)cc2/C=C/c2cc[n+](C)cc2)C1. The summed E-state index contributed by atoms with van der Waals surface area (Å²) in [6, 6.07) is 13.8. The lowest BCUT2D eigenvalue weighted by Gasteiger charge is -2.58. The number of nitrogens with zero attached hydrogens (tertiary/aromatic N) is 2. The van der Waals surface area contributed by atoms with Crippen LogP contribution in [0.25, 0.3) is 32.9 Å². The van der Waals surface area contributed by atoms with Crippen molar-refractivity contribution in [2.75, 3.05) is 7.11 Å². The number of halogens is 3. The van der Waals surface area contributed by atoms with Gasteiger partial charge in [0.05, 0.1) is 15.8 Å². The number of alkyl halides is 3. The maximum absolute atomic E-state index is 13.7. The fourth-order valence-electron chi connectivity index (χ4n) is 6.46. The monoisotopic (exact) mass is 687 g/mol. The van der Waals surface area contributed by atoms with E-state index in [4.69, 9.17) is 18.7 Å². The molecule has 0 bridgehead atoms. The molecule has 2 aliphatic rings. The summed E-state index contributed by atoms with van der Waals surface area (Å²) in [6.45, 7) is 8.15. The second-order valence-corrected chi connectivity index (χ2v) is 14.9. The molecule has 4 unspecified atom stereocenters. The summed E-state index contributed by atoms with van der Waals surface area (Å²) in [5.41, 5.74) is -3.57. The molecular formula is C34H34F3N2O6S2+. The van der Waals surface area contributed by atoms with Crippen LogP contribution >= 0.6 is 11.3 Å². The molecule has 1 saturated heterocycles. The van der Waals surface area contributed by atoms with Gasteiger partial charge < -0.3 is 8.92 Å². The number of hydrogen-bond donors (Lipinski definition) is 0. The number of pyridine rings is 1. The lowest BCUT2D eigenvalue weighted by atomic mass is 9.66. The van der Waals surface area contributed by atoms with E-state index >= 15 is 0 Å². The highest BCUT2D eigenvalue weighted by atomic mass is 32.2. The molecule has 1 aliphatic heterocycles. The molecule has 248 valence electrons. The van der Waals surface area contributed by atoms with E-state index in [-0.39, 0.29) is 22.1 Å². The Kier molecular flexibility index (Phi) is 8.58. The average Bonchev–Trinajstić information content (AvgIpc) is 3.44. The fourth-order valence-corrected chi connectivity index (χ4v) is 7.91. The second-order valence-electron chi connectivity index (χ2n) is 12.3. The third kappa shape index (κ3) is 5.99. The summed E-state index contributed by atoms with van der Waals surface area (Å²) in [6.07, 6.45) is 9.59. The van der Waals surface area contributed by atoms with Crippen LogP contribution < -0.4 is 8.75 Å². The number of methoxy groups -OCH3 is 1. The van der Waals surface area contributed by atoms with E-state index in [2.05, 4.69) is 18.5 Å². The third-order valence-electron chi connectivity index (χ3n) is 8.88. The fraction of sp³-hybridized carbons (Fsp3) is 0.353. The maximum Gasteiger partial charge on any atom is 0.534 e. The van der Waals surface area contributed by atoms with Gasteiger partial charge in [0.2, 0.25) is 0 Å². The molecule has 0 amide bonds. The van der Waals surface area contributed by atoms with Crippen LogP contribution in [0.15, 0.2) is 73.1 Å². The minimum Gasteiger partial charge on any atom is -0.375 e. The molecule has 4 atom stereocenters. The van der Waals surface area contributed by atoms with Crippen molar-refractivity contribution in [3.8, 4) is 16.3 Å². The van der Waals surface area contributed by atoms with Crippen LogP contribution in [0.1, 0.15) is 49.8 Å². The van der Waals surface area contributed by atoms with E-state index in [0.29, 0.717) is 23.4 Å². The number of allylic oxidation sites excluding steroid dienone is 1. The first kappa shape index (κ1) is 33.3. The van der Waals surface area contributed by atoms with Gasteiger partial charge in [0.15, 0.2) is 23.7 Å². The third-order valence-corrected chi connectivity index (χ3v) is 10.9. The lowest BCUT2D eigenvalue weighted by molar-refractivity contribution is -0.671. The quantitative estimate of drug-likeness (QED) is 0.0617. The van der Waals surface area contributed by atoms with E-state index < -0.39 is 32.8 Å². The van der Waals surface area contributed by atoms with Crippen LogP contribution in [0.4, 0.5) is 13.2 Å². The molecule has 4 aromatic rings. The molecule has 2 fully saturated rings.